The molecule has 1 aromatic carbocycles. The van der Waals surface area contributed by atoms with Gasteiger partial charge >= 0.3 is 0 Å². The van der Waals surface area contributed by atoms with E-state index in [2.05, 4.69) is 17.6 Å². The van der Waals surface area contributed by atoms with Crippen LogP contribution in [0.5, 0.6) is 5.75 Å². The highest BCUT2D eigenvalue weighted by Crippen LogP contribution is 2.24. The van der Waals surface area contributed by atoms with E-state index >= 15 is 0 Å². The van der Waals surface area contributed by atoms with Crippen LogP contribution in [0.2, 0.25) is 0 Å². The Kier molecular flexibility index (Phi) is 4.43. The van der Waals surface area contributed by atoms with Crippen LogP contribution in [0.3, 0.4) is 0 Å². The predicted octanol–water partition coefficient (Wildman–Crippen LogP) is 1.81. The summed E-state index contributed by atoms with van der Waals surface area (Å²) in [5, 5.41) is 6.41. The van der Waals surface area contributed by atoms with Crippen molar-refractivity contribution in [1.29, 1.82) is 0 Å². The number of hydrogen-bond acceptors (Lipinski definition) is 3. The molecule has 1 atom stereocenters. The average molecular weight is 262 g/mol. The summed E-state index contributed by atoms with van der Waals surface area (Å²) in [5.74, 6) is 0.552. The van der Waals surface area contributed by atoms with Gasteiger partial charge in [-0.05, 0) is 36.9 Å². The lowest BCUT2D eigenvalue weighted by Gasteiger charge is -2.34. The highest BCUT2D eigenvalue weighted by atomic mass is 16.5. The van der Waals surface area contributed by atoms with Crippen LogP contribution in [-0.4, -0.2) is 32.7 Å². The first kappa shape index (κ1) is 13.9. The van der Waals surface area contributed by atoms with Crippen LogP contribution in [0.25, 0.3) is 0 Å². The molecule has 1 aromatic rings. The summed E-state index contributed by atoms with van der Waals surface area (Å²) in [6.45, 7) is 4.94. The van der Waals surface area contributed by atoms with Gasteiger partial charge in [0.25, 0.3) is 5.91 Å². The molecule has 4 heteroatoms. The normalized spacial score (nSPS) is 22.8. The summed E-state index contributed by atoms with van der Waals surface area (Å²) in [4.78, 5) is 12.2. The number of benzene rings is 1. The molecule has 1 saturated heterocycles. The third kappa shape index (κ3) is 3.47. The summed E-state index contributed by atoms with van der Waals surface area (Å²) in [5.41, 5.74) is 0.744. The first-order valence-electron chi connectivity index (χ1n) is 6.77. The maximum absolute atomic E-state index is 12.2. The molecule has 1 aliphatic rings. The maximum atomic E-state index is 12.2. The minimum Gasteiger partial charge on any atom is -0.496 e. The number of nitrogens with one attached hydrogen (secondary N) is 2. The minimum absolute atomic E-state index is 0.0655. The smallest absolute Gasteiger partial charge is 0.255 e. The number of hydrogen-bond donors (Lipinski definition) is 2. The number of carbonyl (C=O) groups excluding carboxylic acids is 1. The van der Waals surface area contributed by atoms with Gasteiger partial charge in [0.15, 0.2) is 0 Å². The number of piperidine rings is 1. The van der Waals surface area contributed by atoms with E-state index < -0.39 is 0 Å². The molecular formula is C15H22N2O2. The van der Waals surface area contributed by atoms with Crippen molar-refractivity contribution >= 4 is 5.91 Å². The molecule has 0 bridgehead atoms. The number of rotatable bonds is 4. The molecule has 1 fully saturated rings. The Balaban J connectivity index is 1.97. The Bertz CT molecular complexity index is 440. The standard InChI is InChI=1S/C15H22N2O2/c1-15(8-5-9-16-10-15)11-17-14(18)12-6-3-4-7-13(12)19-2/h3-4,6-7,16H,5,8-11H2,1-2H3,(H,17,18). The van der Waals surface area contributed by atoms with Crippen LogP contribution in [0.1, 0.15) is 30.1 Å². The van der Waals surface area contributed by atoms with Gasteiger partial charge in [-0.3, -0.25) is 4.79 Å². The van der Waals surface area contributed by atoms with Crippen molar-refractivity contribution in [2.45, 2.75) is 19.8 Å². The molecule has 0 saturated carbocycles. The second kappa shape index (κ2) is 6.06. The van der Waals surface area contributed by atoms with Crippen LogP contribution >= 0.6 is 0 Å². The number of ether oxygens (including phenoxy) is 1. The fraction of sp³-hybridized carbons (Fsp3) is 0.533. The second-order valence-corrected chi connectivity index (χ2v) is 5.47. The van der Waals surface area contributed by atoms with Gasteiger partial charge in [-0.15, -0.1) is 0 Å². The third-order valence-electron chi connectivity index (χ3n) is 3.71. The largest absolute Gasteiger partial charge is 0.496 e. The fourth-order valence-corrected chi connectivity index (χ4v) is 2.49. The Hall–Kier alpha value is -1.55. The topological polar surface area (TPSA) is 50.4 Å². The Labute approximate surface area is 114 Å². The molecule has 2 rings (SSSR count). The molecule has 1 amide bonds. The summed E-state index contributed by atoms with van der Waals surface area (Å²) in [6.07, 6.45) is 2.31. The monoisotopic (exact) mass is 262 g/mol. The van der Waals surface area contributed by atoms with Gasteiger partial charge in [0.2, 0.25) is 0 Å². The molecule has 0 radical (unpaired) electrons. The summed E-state index contributed by atoms with van der Waals surface area (Å²) in [6, 6.07) is 7.30. The molecule has 2 N–H and O–H groups in total. The number of para-hydroxylation sites is 1. The molecule has 4 nitrogen and oxygen atoms in total. The van der Waals surface area contributed by atoms with Crippen molar-refractivity contribution in [3.05, 3.63) is 29.8 Å². The molecule has 1 heterocycles. The summed E-state index contributed by atoms with van der Waals surface area (Å²) in [7, 11) is 1.58. The van der Waals surface area contributed by atoms with Crippen molar-refractivity contribution in [2.75, 3.05) is 26.7 Å². The van der Waals surface area contributed by atoms with Gasteiger partial charge in [-0.2, -0.15) is 0 Å². The quantitative estimate of drug-likeness (QED) is 0.870. The zero-order valence-electron chi connectivity index (χ0n) is 11.7. The summed E-state index contributed by atoms with van der Waals surface area (Å²) < 4.78 is 5.21. The van der Waals surface area contributed by atoms with E-state index in [1.54, 1.807) is 19.2 Å². The van der Waals surface area contributed by atoms with Crippen molar-refractivity contribution in [3.63, 3.8) is 0 Å². The van der Waals surface area contributed by atoms with E-state index in [9.17, 15) is 4.79 Å². The van der Waals surface area contributed by atoms with Crippen molar-refractivity contribution < 1.29 is 9.53 Å². The van der Waals surface area contributed by atoms with Gasteiger partial charge in [0.05, 0.1) is 12.7 Å². The highest BCUT2D eigenvalue weighted by molar-refractivity contribution is 5.96. The van der Waals surface area contributed by atoms with E-state index in [1.807, 2.05) is 12.1 Å². The lowest BCUT2D eigenvalue weighted by molar-refractivity contribution is 0.0921. The van der Waals surface area contributed by atoms with Gasteiger partial charge in [0.1, 0.15) is 5.75 Å². The number of methoxy groups -OCH3 is 1. The Morgan fingerprint density at radius 3 is 2.95 bits per heavy atom. The molecule has 1 aliphatic heterocycles. The lowest BCUT2D eigenvalue weighted by atomic mass is 9.83. The maximum Gasteiger partial charge on any atom is 0.255 e. The zero-order valence-corrected chi connectivity index (χ0v) is 11.7. The molecule has 1 unspecified atom stereocenters. The van der Waals surface area contributed by atoms with Crippen molar-refractivity contribution in [1.82, 2.24) is 10.6 Å². The molecule has 0 aromatic heterocycles. The van der Waals surface area contributed by atoms with Crippen molar-refractivity contribution in [2.24, 2.45) is 5.41 Å². The number of carbonyl (C=O) groups is 1. The lowest BCUT2D eigenvalue weighted by Crippen LogP contribution is -2.45. The van der Waals surface area contributed by atoms with Gasteiger partial charge < -0.3 is 15.4 Å². The molecular weight excluding hydrogens is 240 g/mol. The van der Waals surface area contributed by atoms with Gasteiger partial charge in [-0.25, -0.2) is 0 Å². The minimum atomic E-state index is -0.0655. The molecule has 0 aliphatic carbocycles. The van der Waals surface area contributed by atoms with Crippen LogP contribution in [0.4, 0.5) is 0 Å². The second-order valence-electron chi connectivity index (χ2n) is 5.47. The van der Waals surface area contributed by atoms with E-state index in [0.717, 1.165) is 19.5 Å². The molecule has 104 valence electrons. The Morgan fingerprint density at radius 2 is 2.26 bits per heavy atom. The van der Waals surface area contributed by atoms with Crippen LogP contribution < -0.4 is 15.4 Å². The van der Waals surface area contributed by atoms with E-state index in [0.29, 0.717) is 17.9 Å². The summed E-state index contributed by atoms with van der Waals surface area (Å²) >= 11 is 0. The van der Waals surface area contributed by atoms with Crippen LogP contribution in [-0.2, 0) is 0 Å². The fourth-order valence-electron chi connectivity index (χ4n) is 2.49. The average Bonchev–Trinajstić information content (AvgIpc) is 2.45. The van der Waals surface area contributed by atoms with Crippen LogP contribution in [0.15, 0.2) is 24.3 Å². The first-order valence-corrected chi connectivity index (χ1v) is 6.77. The van der Waals surface area contributed by atoms with Crippen LogP contribution in [0, 0.1) is 5.41 Å². The third-order valence-corrected chi connectivity index (χ3v) is 3.71. The van der Waals surface area contributed by atoms with Gasteiger partial charge in [-0.1, -0.05) is 19.1 Å². The predicted molar refractivity (Wildman–Crippen MR) is 75.5 cm³/mol. The van der Waals surface area contributed by atoms with E-state index in [1.165, 1.54) is 6.42 Å². The van der Waals surface area contributed by atoms with Gasteiger partial charge in [0, 0.05) is 13.1 Å². The zero-order chi connectivity index (χ0) is 13.7. The van der Waals surface area contributed by atoms with E-state index in [-0.39, 0.29) is 11.3 Å². The number of amides is 1. The molecule has 0 spiro atoms. The van der Waals surface area contributed by atoms with E-state index in [4.69, 9.17) is 4.74 Å². The molecule has 19 heavy (non-hydrogen) atoms. The SMILES string of the molecule is COc1ccccc1C(=O)NCC1(C)CCCNC1. The first-order chi connectivity index (χ1) is 9.14. The highest BCUT2D eigenvalue weighted by Gasteiger charge is 2.27. The Morgan fingerprint density at radius 1 is 1.47 bits per heavy atom. The van der Waals surface area contributed by atoms with Crippen molar-refractivity contribution in [3.8, 4) is 5.75 Å².